The Bertz CT molecular complexity index is 539. The van der Waals surface area contributed by atoms with E-state index < -0.39 is 0 Å². The molecule has 0 spiro atoms. The van der Waals surface area contributed by atoms with Gasteiger partial charge in [-0.2, -0.15) is 5.10 Å². The van der Waals surface area contributed by atoms with Gasteiger partial charge in [0.15, 0.2) is 0 Å². The van der Waals surface area contributed by atoms with Crippen molar-refractivity contribution < 1.29 is 4.39 Å². The van der Waals surface area contributed by atoms with Gasteiger partial charge in [0.1, 0.15) is 5.82 Å². The molecular weight excluding hydrogens is 253 g/mol. The minimum atomic E-state index is -0.346. The molecule has 1 aromatic heterocycles. The zero-order valence-corrected chi connectivity index (χ0v) is 11.1. The van der Waals surface area contributed by atoms with Crippen LogP contribution in [0.3, 0.4) is 0 Å². The van der Waals surface area contributed by atoms with Gasteiger partial charge in [0.25, 0.3) is 0 Å². The molecule has 18 heavy (non-hydrogen) atoms. The molecule has 5 heteroatoms. The van der Waals surface area contributed by atoms with Crippen LogP contribution in [-0.4, -0.2) is 16.8 Å². The molecule has 0 aliphatic heterocycles. The number of likely N-dealkylation sites (N-methyl/N-ethyl adjacent to an activating group) is 1. The van der Waals surface area contributed by atoms with Crippen molar-refractivity contribution in [2.75, 3.05) is 7.05 Å². The van der Waals surface area contributed by atoms with E-state index in [-0.39, 0.29) is 16.9 Å². The van der Waals surface area contributed by atoms with Gasteiger partial charge >= 0.3 is 0 Å². The van der Waals surface area contributed by atoms with E-state index in [0.717, 1.165) is 5.69 Å². The highest BCUT2D eigenvalue weighted by molar-refractivity contribution is 6.30. The SMILES string of the molecule is CNC(Cc1cccc(Cl)c1F)c1ccnn1C. The molecule has 0 saturated carbocycles. The van der Waals surface area contributed by atoms with Crippen LogP contribution < -0.4 is 5.32 Å². The van der Waals surface area contributed by atoms with Crippen molar-refractivity contribution in [1.29, 1.82) is 0 Å². The molecule has 0 fully saturated rings. The summed E-state index contributed by atoms with van der Waals surface area (Å²) in [6.07, 6.45) is 2.26. The topological polar surface area (TPSA) is 29.9 Å². The lowest BCUT2D eigenvalue weighted by Crippen LogP contribution is -2.22. The fraction of sp³-hybridized carbons (Fsp3) is 0.308. The van der Waals surface area contributed by atoms with E-state index in [9.17, 15) is 4.39 Å². The second-order valence-electron chi connectivity index (χ2n) is 4.14. The molecule has 0 amide bonds. The highest BCUT2D eigenvalue weighted by Gasteiger charge is 2.16. The minimum absolute atomic E-state index is 0.00506. The van der Waals surface area contributed by atoms with Gasteiger partial charge in [-0.15, -0.1) is 0 Å². The molecule has 96 valence electrons. The lowest BCUT2D eigenvalue weighted by Gasteiger charge is -2.17. The summed E-state index contributed by atoms with van der Waals surface area (Å²) in [5, 5.41) is 7.45. The van der Waals surface area contributed by atoms with Crippen molar-refractivity contribution in [3.8, 4) is 0 Å². The normalized spacial score (nSPS) is 12.7. The van der Waals surface area contributed by atoms with Crippen LogP contribution in [0.15, 0.2) is 30.5 Å². The van der Waals surface area contributed by atoms with Crippen LogP contribution in [0.1, 0.15) is 17.3 Å². The van der Waals surface area contributed by atoms with Crippen LogP contribution >= 0.6 is 11.6 Å². The molecule has 0 aliphatic rings. The Morgan fingerprint density at radius 1 is 1.44 bits per heavy atom. The Morgan fingerprint density at radius 3 is 2.83 bits per heavy atom. The first-order valence-electron chi connectivity index (χ1n) is 5.71. The summed E-state index contributed by atoms with van der Waals surface area (Å²) in [6.45, 7) is 0. The summed E-state index contributed by atoms with van der Waals surface area (Å²) in [5.41, 5.74) is 1.61. The van der Waals surface area contributed by atoms with E-state index >= 15 is 0 Å². The summed E-state index contributed by atoms with van der Waals surface area (Å²) in [5.74, 6) is -0.346. The first kappa shape index (κ1) is 13.1. The standard InChI is InChI=1S/C13H15ClFN3/c1-16-11(12-6-7-17-18(12)2)8-9-4-3-5-10(14)13(9)15/h3-7,11,16H,8H2,1-2H3. The van der Waals surface area contributed by atoms with Crippen molar-refractivity contribution in [2.24, 2.45) is 7.05 Å². The van der Waals surface area contributed by atoms with Crippen molar-refractivity contribution in [1.82, 2.24) is 15.1 Å². The number of nitrogens with one attached hydrogen (secondary N) is 1. The van der Waals surface area contributed by atoms with E-state index in [1.165, 1.54) is 0 Å². The highest BCUT2D eigenvalue weighted by atomic mass is 35.5. The third-order valence-corrected chi connectivity index (χ3v) is 3.31. The molecule has 1 aromatic carbocycles. The molecule has 0 bridgehead atoms. The molecule has 1 N–H and O–H groups in total. The predicted octanol–water partition coefficient (Wildman–Crippen LogP) is 2.72. The summed E-state index contributed by atoms with van der Waals surface area (Å²) in [4.78, 5) is 0. The smallest absolute Gasteiger partial charge is 0.145 e. The van der Waals surface area contributed by atoms with Crippen LogP contribution in [-0.2, 0) is 13.5 Å². The Morgan fingerprint density at radius 2 is 2.22 bits per heavy atom. The van der Waals surface area contributed by atoms with Gasteiger partial charge in [0, 0.05) is 13.2 Å². The largest absolute Gasteiger partial charge is 0.311 e. The van der Waals surface area contributed by atoms with Gasteiger partial charge in [-0.25, -0.2) is 4.39 Å². The van der Waals surface area contributed by atoms with Crippen molar-refractivity contribution in [3.63, 3.8) is 0 Å². The molecule has 1 unspecified atom stereocenters. The molecule has 0 aliphatic carbocycles. The van der Waals surface area contributed by atoms with Crippen molar-refractivity contribution in [3.05, 3.63) is 52.6 Å². The fourth-order valence-corrected chi connectivity index (χ4v) is 2.20. The number of nitrogens with zero attached hydrogens (tertiary/aromatic N) is 2. The number of halogens is 2. The van der Waals surface area contributed by atoms with Gasteiger partial charge < -0.3 is 5.32 Å². The lowest BCUT2D eigenvalue weighted by atomic mass is 10.0. The number of hydrogen-bond acceptors (Lipinski definition) is 2. The van der Waals surface area contributed by atoms with E-state index in [4.69, 9.17) is 11.6 Å². The van der Waals surface area contributed by atoms with Crippen LogP contribution in [0.5, 0.6) is 0 Å². The lowest BCUT2D eigenvalue weighted by molar-refractivity contribution is 0.519. The fourth-order valence-electron chi connectivity index (χ4n) is 2.01. The summed E-state index contributed by atoms with van der Waals surface area (Å²) in [7, 11) is 3.72. The third-order valence-electron chi connectivity index (χ3n) is 3.02. The maximum atomic E-state index is 13.9. The first-order valence-corrected chi connectivity index (χ1v) is 6.09. The van der Waals surface area contributed by atoms with Crippen LogP contribution in [0.25, 0.3) is 0 Å². The summed E-state index contributed by atoms with van der Waals surface area (Å²) < 4.78 is 15.6. The number of benzene rings is 1. The van der Waals surface area contributed by atoms with E-state index in [1.807, 2.05) is 20.2 Å². The van der Waals surface area contributed by atoms with Crippen LogP contribution in [0, 0.1) is 5.82 Å². The number of rotatable bonds is 4. The zero-order valence-electron chi connectivity index (χ0n) is 10.3. The van der Waals surface area contributed by atoms with Gasteiger partial charge in [-0.1, -0.05) is 23.7 Å². The third kappa shape index (κ3) is 2.54. The van der Waals surface area contributed by atoms with Gasteiger partial charge in [-0.05, 0) is 31.2 Å². The second kappa shape index (κ2) is 5.50. The minimum Gasteiger partial charge on any atom is -0.311 e. The Balaban J connectivity index is 2.26. The maximum absolute atomic E-state index is 13.9. The Hall–Kier alpha value is -1.39. The van der Waals surface area contributed by atoms with E-state index in [2.05, 4.69) is 10.4 Å². The average Bonchev–Trinajstić information content (AvgIpc) is 2.77. The molecule has 3 nitrogen and oxygen atoms in total. The number of aryl methyl sites for hydroxylation is 1. The van der Waals surface area contributed by atoms with E-state index in [1.54, 1.807) is 29.1 Å². The van der Waals surface area contributed by atoms with Gasteiger partial charge in [-0.3, -0.25) is 4.68 Å². The van der Waals surface area contributed by atoms with Gasteiger partial charge in [0.05, 0.1) is 16.8 Å². The molecule has 1 heterocycles. The van der Waals surface area contributed by atoms with Gasteiger partial charge in [0.2, 0.25) is 0 Å². The molecule has 0 radical (unpaired) electrons. The average molecular weight is 268 g/mol. The van der Waals surface area contributed by atoms with Crippen molar-refractivity contribution >= 4 is 11.6 Å². The van der Waals surface area contributed by atoms with Crippen molar-refractivity contribution in [2.45, 2.75) is 12.5 Å². The van der Waals surface area contributed by atoms with E-state index in [0.29, 0.717) is 12.0 Å². The quantitative estimate of drug-likeness (QED) is 0.923. The van der Waals surface area contributed by atoms with Crippen LogP contribution in [0.2, 0.25) is 5.02 Å². The van der Waals surface area contributed by atoms with Crippen LogP contribution in [0.4, 0.5) is 4.39 Å². The molecule has 2 aromatic rings. The summed E-state index contributed by atoms with van der Waals surface area (Å²) in [6, 6.07) is 6.99. The Labute approximate surface area is 111 Å². The number of aromatic nitrogens is 2. The monoisotopic (exact) mass is 267 g/mol. The molecule has 1 atom stereocenters. The molecular formula is C13H15ClFN3. The second-order valence-corrected chi connectivity index (χ2v) is 4.55. The maximum Gasteiger partial charge on any atom is 0.145 e. The predicted molar refractivity (Wildman–Crippen MR) is 70.1 cm³/mol. The first-order chi connectivity index (χ1) is 8.63. The zero-order chi connectivity index (χ0) is 13.1. The number of hydrogen-bond donors (Lipinski definition) is 1. The highest BCUT2D eigenvalue weighted by Crippen LogP contribution is 2.23. The Kier molecular flexibility index (Phi) is 3.99. The molecule has 2 rings (SSSR count). The summed E-state index contributed by atoms with van der Waals surface area (Å²) >= 11 is 5.78. The molecule has 0 saturated heterocycles.